The Morgan fingerprint density at radius 3 is 2.67 bits per heavy atom. The fraction of sp³-hybridized carbons (Fsp3) is 1.00. The molecule has 1 atom stereocenters. The van der Waals surface area contributed by atoms with Crippen LogP contribution in [0.4, 0.5) is 0 Å². The molecule has 0 bridgehead atoms. The normalized spacial score (nSPS) is 26.5. The molecule has 2 N–H and O–H groups in total. The van der Waals surface area contributed by atoms with E-state index in [0.717, 1.165) is 19.5 Å². The van der Waals surface area contributed by atoms with Gasteiger partial charge in [0.05, 0.1) is 5.60 Å². The van der Waals surface area contributed by atoms with Crippen molar-refractivity contribution in [2.75, 3.05) is 33.3 Å². The lowest BCUT2D eigenvalue weighted by molar-refractivity contribution is -0.0512. The third-order valence-electron chi connectivity index (χ3n) is 4.38. The number of rotatable bonds is 7. The summed E-state index contributed by atoms with van der Waals surface area (Å²) in [7, 11) is 1.84. The topological polar surface area (TPSA) is 38.5 Å². The molecule has 1 unspecified atom stereocenters. The van der Waals surface area contributed by atoms with E-state index in [4.69, 9.17) is 10.5 Å². The second-order valence-corrected chi connectivity index (χ2v) is 6.84. The highest BCUT2D eigenvalue weighted by Gasteiger charge is 2.30. The smallest absolute Gasteiger partial charge is 0.0777 e. The van der Waals surface area contributed by atoms with Crippen LogP contribution in [0.2, 0.25) is 0 Å². The lowest BCUT2D eigenvalue weighted by Gasteiger charge is -2.39. The maximum atomic E-state index is 5.66. The third-order valence-corrected chi connectivity index (χ3v) is 4.38. The molecular formula is C15H32N2O. The summed E-state index contributed by atoms with van der Waals surface area (Å²) in [5.74, 6) is 0. The van der Waals surface area contributed by atoms with Gasteiger partial charge in [-0.05, 0) is 64.1 Å². The number of nitrogens with zero attached hydrogens (tertiary/aromatic N) is 1. The summed E-state index contributed by atoms with van der Waals surface area (Å²) in [6.45, 7) is 11.2. The van der Waals surface area contributed by atoms with E-state index in [1.54, 1.807) is 0 Å². The van der Waals surface area contributed by atoms with Crippen molar-refractivity contribution in [1.29, 1.82) is 0 Å². The maximum absolute atomic E-state index is 5.66. The fourth-order valence-electron chi connectivity index (χ4n) is 2.96. The van der Waals surface area contributed by atoms with Crippen molar-refractivity contribution in [3.05, 3.63) is 0 Å². The van der Waals surface area contributed by atoms with Gasteiger partial charge in [-0.15, -0.1) is 0 Å². The van der Waals surface area contributed by atoms with Gasteiger partial charge in [0, 0.05) is 13.7 Å². The van der Waals surface area contributed by atoms with E-state index in [1.165, 1.54) is 38.8 Å². The summed E-state index contributed by atoms with van der Waals surface area (Å²) in [5, 5.41) is 0. The van der Waals surface area contributed by atoms with Gasteiger partial charge in [0.2, 0.25) is 0 Å². The average molecular weight is 256 g/mol. The molecule has 108 valence electrons. The van der Waals surface area contributed by atoms with Crippen LogP contribution in [0.3, 0.4) is 0 Å². The Balaban J connectivity index is 2.27. The summed E-state index contributed by atoms with van der Waals surface area (Å²) >= 11 is 0. The molecule has 0 radical (unpaired) electrons. The van der Waals surface area contributed by atoms with E-state index < -0.39 is 0 Å². The summed E-state index contributed by atoms with van der Waals surface area (Å²) in [6, 6.07) is 0. The minimum atomic E-state index is 0.0744. The molecular weight excluding hydrogens is 224 g/mol. The van der Waals surface area contributed by atoms with Crippen LogP contribution < -0.4 is 5.73 Å². The number of methoxy groups -OCH3 is 1. The van der Waals surface area contributed by atoms with Crippen molar-refractivity contribution < 1.29 is 4.74 Å². The van der Waals surface area contributed by atoms with Crippen molar-refractivity contribution in [2.45, 2.75) is 58.5 Å². The second-order valence-electron chi connectivity index (χ2n) is 6.84. The van der Waals surface area contributed by atoms with Crippen LogP contribution in [0, 0.1) is 5.41 Å². The van der Waals surface area contributed by atoms with Gasteiger partial charge in [0.1, 0.15) is 0 Å². The zero-order chi connectivity index (χ0) is 13.6. The van der Waals surface area contributed by atoms with Gasteiger partial charge in [-0.2, -0.15) is 0 Å². The van der Waals surface area contributed by atoms with E-state index >= 15 is 0 Å². The highest BCUT2D eigenvalue weighted by Crippen LogP contribution is 2.28. The summed E-state index contributed by atoms with van der Waals surface area (Å²) in [4.78, 5) is 2.56. The molecule has 3 nitrogen and oxygen atoms in total. The molecule has 0 aromatic rings. The van der Waals surface area contributed by atoms with Gasteiger partial charge in [-0.25, -0.2) is 0 Å². The van der Waals surface area contributed by atoms with Crippen LogP contribution in [-0.4, -0.2) is 43.8 Å². The Morgan fingerprint density at radius 2 is 2.06 bits per heavy atom. The van der Waals surface area contributed by atoms with Crippen molar-refractivity contribution in [3.63, 3.8) is 0 Å². The molecule has 0 aromatic carbocycles. The zero-order valence-electron chi connectivity index (χ0n) is 12.8. The Kier molecular flexibility index (Phi) is 6.09. The molecule has 0 aliphatic carbocycles. The van der Waals surface area contributed by atoms with Crippen LogP contribution in [0.5, 0.6) is 0 Å². The summed E-state index contributed by atoms with van der Waals surface area (Å²) < 4.78 is 5.64. The van der Waals surface area contributed by atoms with E-state index in [9.17, 15) is 0 Å². The molecule has 1 aliphatic rings. The number of hydrogen-bond acceptors (Lipinski definition) is 3. The Hall–Kier alpha value is -0.120. The van der Waals surface area contributed by atoms with Crippen LogP contribution in [0.15, 0.2) is 0 Å². The molecule has 1 heterocycles. The van der Waals surface area contributed by atoms with Gasteiger partial charge in [0.25, 0.3) is 0 Å². The molecule has 3 heteroatoms. The van der Waals surface area contributed by atoms with E-state index in [-0.39, 0.29) is 5.60 Å². The molecule has 1 aliphatic heterocycles. The lowest BCUT2D eigenvalue weighted by Crippen LogP contribution is -2.47. The largest absolute Gasteiger partial charge is 0.377 e. The molecule has 0 aromatic heterocycles. The number of nitrogens with two attached hydrogens (primary N) is 1. The standard InChI is InChI=1S/C15H32N2O/c1-14(2,9-10-16)7-5-11-17-12-6-8-15(3,13-17)18-4/h5-13,16H2,1-4H3. The van der Waals surface area contributed by atoms with Crippen molar-refractivity contribution in [1.82, 2.24) is 4.90 Å². The van der Waals surface area contributed by atoms with Gasteiger partial charge in [-0.1, -0.05) is 13.8 Å². The molecule has 1 saturated heterocycles. The predicted octanol–water partition coefficient (Wildman–Crippen LogP) is 2.64. The SMILES string of the molecule is COC1(C)CCCN(CCCC(C)(C)CCN)C1. The number of ether oxygens (including phenoxy) is 1. The quantitative estimate of drug-likeness (QED) is 0.761. The van der Waals surface area contributed by atoms with E-state index in [1.807, 2.05) is 7.11 Å². The van der Waals surface area contributed by atoms with Gasteiger partial charge >= 0.3 is 0 Å². The van der Waals surface area contributed by atoms with Crippen LogP contribution in [-0.2, 0) is 4.74 Å². The van der Waals surface area contributed by atoms with Gasteiger partial charge in [0.15, 0.2) is 0 Å². The average Bonchev–Trinajstić information content (AvgIpc) is 2.29. The number of piperidine rings is 1. The van der Waals surface area contributed by atoms with Gasteiger partial charge in [-0.3, -0.25) is 0 Å². The first-order chi connectivity index (χ1) is 8.41. The first kappa shape index (κ1) is 15.9. The summed E-state index contributed by atoms with van der Waals surface area (Å²) in [5.41, 5.74) is 6.13. The molecule has 0 spiro atoms. The van der Waals surface area contributed by atoms with Crippen molar-refractivity contribution in [2.24, 2.45) is 11.1 Å². The first-order valence-corrected chi connectivity index (χ1v) is 7.38. The maximum Gasteiger partial charge on any atom is 0.0777 e. The Labute approximate surface area is 113 Å². The van der Waals surface area contributed by atoms with Gasteiger partial charge < -0.3 is 15.4 Å². The molecule has 0 amide bonds. The van der Waals surface area contributed by atoms with Crippen LogP contribution in [0.25, 0.3) is 0 Å². The van der Waals surface area contributed by atoms with Crippen LogP contribution in [0.1, 0.15) is 52.9 Å². The molecule has 0 saturated carbocycles. The fourth-order valence-corrected chi connectivity index (χ4v) is 2.96. The van der Waals surface area contributed by atoms with Crippen molar-refractivity contribution in [3.8, 4) is 0 Å². The molecule has 1 rings (SSSR count). The highest BCUT2D eigenvalue weighted by molar-refractivity contribution is 4.84. The predicted molar refractivity (Wildman–Crippen MR) is 77.8 cm³/mol. The Bertz CT molecular complexity index is 243. The Morgan fingerprint density at radius 1 is 1.33 bits per heavy atom. The summed E-state index contributed by atoms with van der Waals surface area (Å²) in [6.07, 6.45) is 6.12. The van der Waals surface area contributed by atoms with E-state index in [0.29, 0.717) is 5.41 Å². The molecule has 1 fully saturated rings. The molecule has 18 heavy (non-hydrogen) atoms. The minimum Gasteiger partial charge on any atom is -0.377 e. The van der Waals surface area contributed by atoms with Crippen LogP contribution >= 0.6 is 0 Å². The monoisotopic (exact) mass is 256 g/mol. The third kappa shape index (κ3) is 5.25. The highest BCUT2D eigenvalue weighted by atomic mass is 16.5. The number of hydrogen-bond donors (Lipinski definition) is 1. The first-order valence-electron chi connectivity index (χ1n) is 7.38. The zero-order valence-corrected chi connectivity index (χ0v) is 12.8. The van der Waals surface area contributed by atoms with Crippen molar-refractivity contribution >= 4 is 0 Å². The minimum absolute atomic E-state index is 0.0744. The van der Waals surface area contributed by atoms with E-state index in [2.05, 4.69) is 25.7 Å². The lowest BCUT2D eigenvalue weighted by atomic mass is 9.84. The number of likely N-dealkylation sites (tertiary alicyclic amines) is 1. The second kappa shape index (κ2) is 6.88.